The van der Waals surface area contributed by atoms with Crippen molar-refractivity contribution >= 4 is 0 Å². The fourth-order valence-corrected chi connectivity index (χ4v) is 3.27. The summed E-state index contributed by atoms with van der Waals surface area (Å²) < 4.78 is 15.7. The van der Waals surface area contributed by atoms with Crippen LogP contribution in [0.3, 0.4) is 0 Å². The van der Waals surface area contributed by atoms with Gasteiger partial charge in [-0.05, 0) is 32.8 Å². The SMILES string of the molecule is CC(C)(O)c1cn([C@@H]2CCCC[C@@H]2NCc2ccccc2F)nn1. The van der Waals surface area contributed by atoms with Gasteiger partial charge in [0, 0.05) is 18.2 Å². The Labute approximate surface area is 141 Å². The van der Waals surface area contributed by atoms with E-state index in [-0.39, 0.29) is 17.9 Å². The molecule has 1 aromatic heterocycles. The van der Waals surface area contributed by atoms with Gasteiger partial charge in [0.05, 0.1) is 12.2 Å². The summed E-state index contributed by atoms with van der Waals surface area (Å²) in [4.78, 5) is 0. The van der Waals surface area contributed by atoms with Gasteiger partial charge < -0.3 is 10.4 Å². The van der Waals surface area contributed by atoms with Crippen LogP contribution >= 0.6 is 0 Å². The fraction of sp³-hybridized carbons (Fsp3) is 0.556. The van der Waals surface area contributed by atoms with E-state index in [1.807, 2.05) is 23.0 Å². The molecule has 1 aliphatic rings. The van der Waals surface area contributed by atoms with Gasteiger partial charge in [-0.15, -0.1) is 5.10 Å². The van der Waals surface area contributed by atoms with E-state index in [1.165, 1.54) is 6.07 Å². The zero-order chi connectivity index (χ0) is 17.2. The summed E-state index contributed by atoms with van der Waals surface area (Å²) in [6, 6.07) is 7.25. The molecule has 3 rings (SSSR count). The van der Waals surface area contributed by atoms with Crippen LogP contribution in [0.15, 0.2) is 30.5 Å². The van der Waals surface area contributed by atoms with Gasteiger partial charge in [0.15, 0.2) is 0 Å². The number of aliphatic hydroxyl groups is 1. The molecule has 2 N–H and O–H groups in total. The first kappa shape index (κ1) is 17.0. The lowest BCUT2D eigenvalue weighted by molar-refractivity contribution is 0.0736. The molecule has 5 nitrogen and oxygen atoms in total. The van der Waals surface area contributed by atoms with E-state index in [4.69, 9.17) is 0 Å². The Morgan fingerprint density at radius 3 is 2.75 bits per heavy atom. The molecule has 2 atom stereocenters. The number of hydrogen-bond acceptors (Lipinski definition) is 4. The number of nitrogens with one attached hydrogen (secondary N) is 1. The van der Waals surface area contributed by atoms with Crippen LogP contribution in [0.1, 0.15) is 56.8 Å². The molecule has 1 aromatic carbocycles. The summed E-state index contributed by atoms with van der Waals surface area (Å²) in [6.07, 6.45) is 6.15. The highest BCUT2D eigenvalue weighted by molar-refractivity contribution is 5.17. The van der Waals surface area contributed by atoms with Crippen molar-refractivity contribution in [2.75, 3.05) is 0 Å². The lowest BCUT2D eigenvalue weighted by Gasteiger charge is -2.32. The summed E-state index contributed by atoms with van der Waals surface area (Å²) in [6.45, 7) is 3.91. The maximum absolute atomic E-state index is 13.8. The van der Waals surface area contributed by atoms with Crippen LogP contribution in [-0.2, 0) is 12.1 Å². The first-order chi connectivity index (χ1) is 11.4. The number of benzene rings is 1. The molecule has 0 spiro atoms. The number of rotatable bonds is 5. The minimum absolute atomic E-state index is 0.175. The molecule has 1 saturated carbocycles. The molecular weight excluding hydrogens is 307 g/mol. The third-order valence-electron chi connectivity index (χ3n) is 4.72. The van der Waals surface area contributed by atoms with Crippen LogP contribution in [0.4, 0.5) is 4.39 Å². The molecule has 2 aromatic rings. The van der Waals surface area contributed by atoms with Gasteiger partial charge in [0.2, 0.25) is 0 Å². The Bertz CT molecular complexity index is 680. The summed E-state index contributed by atoms with van der Waals surface area (Å²) in [5, 5.41) is 21.9. The van der Waals surface area contributed by atoms with E-state index in [1.54, 1.807) is 19.9 Å². The maximum Gasteiger partial charge on any atom is 0.127 e. The molecular formula is C18H25FN4O. The zero-order valence-electron chi connectivity index (χ0n) is 14.2. The molecule has 0 aliphatic heterocycles. The van der Waals surface area contributed by atoms with Gasteiger partial charge in [0.25, 0.3) is 0 Å². The minimum Gasteiger partial charge on any atom is -0.384 e. The van der Waals surface area contributed by atoms with Crippen molar-refractivity contribution in [2.45, 2.75) is 63.8 Å². The quantitative estimate of drug-likeness (QED) is 0.884. The Kier molecular flexibility index (Phi) is 4.96. The second-order valence-corrected chi connectivity index (χ2v) is 7.07. The highest BCUT2D eigenvalue weighted by Gasteiger charge is 2.29. The minimum atomic E-state index is -0.997. The van der Waals surface area contributed by atoms with E-state index < -0.39 is 5.60 Å². The molecule has 24 heavy (non-hydrogen) atoms. The number of nitrogens with zero attached hydrogens (tertiary/aromatic N) is 3. The first-order valence-electron chi connectivity index (χ1n) is 8.56. The van der Waals surface area contributed by atoms with Gasteiger partial charge in [-0.1, -0.05) is 36.3 Å². The molecule has 0 bridgehead atoms. The highest BCUT2D eigenvalue weighted by atomic mass is 19.1. The van der Waals surface area contributed by atoms with Gasteiger partial charge in [-0.25, -0.2) is 9.07 Å². The maximum atomic E-state index is 13.8. The average molecular weight is 332 g/mol. The third kappa shape index (κ3) is 3.82. The van der Waals surface area contributed by atoms with E-state index in [2.05, 4.69) is 15.6 Å². The van der Waals surface area contributed by atoms with E-state index in [0.29, 0.717) is 17.8 Å². The highest BCUT2D eigenvalue weighted by Crippen LogP contribution is 2.29. The summed E-state index contributed by atoms with van der Waals surface area (Å²) in [7, 11) is 0. The standard InChI is InChI=1S/C18H25FN4O/c1-18(2,24)17-12-23(22-21-17)16-10-6-5-9-15(16)20-11-13-7-3-4-8-14(13)19/h3-4,7-8,12,15-16,20,24H,5-6,9-11H2,1-2H3/t15-,16+/m0/s1. The van der Waals surface area contributed by atoms with Crippen LogP contribution in [0.2, 0.25) is 0 Å². The summed E-state index contributed by atoms with van der Waals surface area (Å²) in [5.74, 6) is -0.178. The predicted molar refractivity (Wildman–Crippen MR) is 89.8 cm³/mol. The van der Waals surface area contributed by atoms with Crippen molar-refractivity contribution in [2.24, 2.45) is 0 Å². The Hall–Kier alpha value is -1.79. The largest absolute Gasteiger partial charge is 0.384 e. The van der Waals surface area contributed by atoms with Gasteiger partial charge in [-0.2, -0.15) is 0 Å². The van der Waals surface area contributed by atoms with Crippen molar-refractivity contribution in [3.63, 3.8) is 0 Å². The molecule has 6 heteroatoms. The predicted octanol–water partition coefficient (Wildman–Crippen LogP) is 2.92. The third-order valence-corrected chi connectivity index (χ3v) is 4.72. The molecule has 0 saturated heterocycles. The molecule has 0 radical (unpaired) electrons. The average Bonchev–Trinajstić information content (AvgIpc) is 3.04. The van der Waals surface area contributed by atoms with Crippen molar-refractivity contribution in [3.05, 3.63) is 47.5 Å². The van der Waals surface area contributed by atoms with Gasteiger partial charge >= 0.3 is 0 Å². The van der Waals surface area contributed by atoms with Crippen LogP contribution in [0.5, 0.6) is 0 Å². The molecule has 130 valence electrons. The molecule has 0 amide bonds. The van der Waals surface area contributed by atoms with Crippen molar-refractivity contribution < 1.29 is 9.50 Å². The summed E-state index contributed by atoms with van der Waals surface area (Å²) >= 11 is 0. The van der Waals surface area contributed by atoms with E-state index >= 15 is 0 Å². The fourth-order valence-electron chi connectivity index (χ4n) is 3.27. The Morgan fingerprint density at radius 2 is 2.04 bits per heavy atom. The molecule has 0 unspecified atom stereocenters. The number of aromatic nitrogens is 3. The van der Waals surface area contributed by atoms with Gasteiger partial charge in [0.1, 0.15) is 17.1 Å². The summed E-state index contributed by atoms with van der Waals surface area (Å²) in [5.41, 5.74) is 0.252. The zero-order valence-corrected chi connectivity index (χ0v) is 14.2. The molecule has 1 aliphatic carbocycles. The van der Waals surface area contributed by atoms with Crippen LogP contribution in [0, 0.1) is 5.82 Å². The van der Waals surface area contributed by atoms with Crippen molar-refractivity contribution in [1.82, 2.24) is 20.3 Å². The monoisotopic (exact) mass is 332 g/mol. The first-order valence-corrected chi connectivity index (χ1v) is 8.56. The van der Waals surface area contributed by atoms with Crippen molar-refractivity contribution in [3.8, 4) is 0 Å². The molecule has 1 heterocycles. The number of halogens is 1. The molecule has 1 fully saturated rings. The Morgan fingerprint density at radius 1 is 1.29 bits per heavy atom. The van der Waals surface area contributed by atoms with Gasteiger partial charge in [-0.3, -0.25) is 0 Å². The van der Waals surface area contributed by atoms with Crippen molar-refractivity contribution in [1.29, 1.82) is 0 Å². The Balaban J connectivity index is 1.71. The van der Waals surface area contributed by atoms with E-state index in [9.17, 15) is 9.50 Å². The second-order valence-electron chi connectivity index (χ2n) is 7.07. The van der Waals surface area contributed by atoms with Crippen LogP contribution < -0.4 is 5.32 Å². The normalized spacial score (nSPS) is 21.8. The topological polar surface area (TPSA) is 63.0 Å². The van der Waals surface area contributed by atoms with Crippen LogP contribution in [-0.4, -0.2) is 26.1 Å². The smallest absolute Gasteiger partial charge is 0.127 e. The van der Waals surface area contributed by atoms with Crippen LogP contribution in [0.25, 0.3) is 0 Å². The lowest BCUT2D eigenvalue weighted by Crippen LogP contribution is -2.39. The second kappa shape index (κ2) is 6.99. The van der Waals surface area contributed by atoms with E-state index in [0.717, 1.165) is 25.7 Å². The lowest BCUT2D eigenvalue weighted by atomic mass is 9.90. The number of hydrogen-bond donors (Lipinski definition) is 2.